The predicted octanol–water partition coefficient (Wildman–Crippen LogP) is -0.559. The molecular formula is C11H13N3O3S2. The maximum Gasteiger partial charge on any atom is 0.243 e. The Bertz CT molecular complexity index is 611. The Morgan fingerprint density at radius 2 is 1.95 bits per heavy atom. The zero-order valence-corrected chi connectivity index (χ0v) is 11.6. The standard InChI is InChI=1S/C11H13N3O3S2/c12-11(18)8-1-3-9(4-2-8)19(16,17)14-6-5-13-10(15)7-14/h1-4H,5-7H2,(H2,12,18)(H,13,15). The molecule has 0 bridgehead atoms. The molecule has 0 atom stereocenters. The molecule has 0 radical (unpaired) electrons. The second kappa shape index (κ2) is 5.24. The van der Waals surface area contributed by atoms with Gasteiger partial charge in [0, 0.05) is 18.7 Å². The van der Waals surface area contributed by atoms with Gasteiger partial charge in [-0.25, -0.2) is 8.42 Å². The minimum atomic E-state index is -3.65. The van der Waals surface area contributed by atoms with Gasteiger partial charge < -0.3 is 11.1 Å². The monoisotopic (exact) mass is 299 g/mol. The van der Waals surface area contributed by atoms with Crippen molar-refractivity contribution in [2.24, 2.45) is 5.73 Å². The fraction of sp³-hybridized carbons (Fsp3) is 0.273. The molecule has 1 aliphatic rings. The number of nitrogens with one attached hydrogen (secondary N) is 1. The van der Waals surface area contributed by atoms with Crippen LogP contribution in [-0.4, -0.2) is 43.3 Å². The van der Waals surface area contributed by atoms with E-state index in [0.29, 0.717) is 12.1 Å². The minimum absolute atomic E-state index is 0.127. The van der Waals surface area contributed by atoms with E-state index in [1.165, 1.54) is 12.1 Å². The summed E-state index contributed by atoms with van der Waals surface area (Å²) in [6.07, 6.45) is 0. The van der Waals surface area contributed by atoms with E-state index >= 15 is 0 Å². The smallest absolute Gasteiger partial charge is 0.243 e. The van der Waals surface area contributed by atoms with Crippen LogP contribution in [0.5, 0.6) is 0 Å². The number of sulfonamides is 1. The first kappa shape index (κ1) is 13.9. The zero-order valence-electron chi connectivity index (χ0n) is 10.00. The van der Waals surface area contributed by atoms with E-state index in [4.69, 9.17) is 18.0 Å². The largest absolute Gasteiger partial charge is 0.389 e. The Morgan fingerprint density at radius 3 is 2.47 bits per heavy atom. The predicted molar refractivity (Wildman–Crippen MR) is 74.1 cm³/mol. The van der Waals surface area contributed by atoms with Crippen molar-refractivity contribution >= 4 is 33.1 Å². The number of nitrogens with two attached hydrogens (primary N) is 1. The molecule has 0 aromatic heterocycles. The third kappa shape index (κ3) is 2.91. The Morgan fingerprint density at radius 1 is 1.32 bits per heavy atom. The molecule has 1 aromatic rings. The molecule has 1 aliphatic heterocycles. The number of carbonyl (C=O) groups excluding carboxylic acids is 1. The van der Waals surface area contributed by atoms with Crippen molar-refractivity contribution in [3.63, 3.8) is 0 Å². The topological polar surface area (TPSA) is 92.5 Å². The first-order valence-corrected chi connectivity index (χ1v) is 7.43. The lowest BCUT2D eigenvalue weighted by Crippen LogP contribution is -2.49. The summed E-state index contributed by atoms with van der Waals surface area (Å²) in [7, 11) is -3.65. The van der Waals surface area contributed by atoms with Gasteiger partial charge in [0.25, 0.3) is 0 Å². The average molecular weight is 299 g/mol. The van der Waals surface area contributed by atoms with Crippen molar-refractivity contribution in [1.29, 1.82) is 0 Å². The van der Waals surface area contributed by atoms with Crippen LogP contribution in [0.25, 0.3) is 0 Å². The van der Waals surface area contributed by atoms with Crippen LogP contribution in [0.2, 0.25) is 0 Å². The molecule has 0 spiro atoms. The fourth-order valence-corrected chi connectivity index (χ4v) is 3.29. The number of nitrogens with zero attached hydrogens (tertiary/aromatic N) is 1. The molecule has 3 N–H and O–H groups in total. The fourth-order valence-electron chi connectivity index (χ4n) is 1.76. The summed E-state index contributed by atoms with van der Waals surface area (Å²) in [5.74, 6) is -0.297. The number of hydrogen-bond acceptors (Lipinski definition) is 4. The molecule has 102 valence electrons. The molecule has 1 fully saturated rings. The molecule has 1 aromatic carbocycles. The van der Waals surface area contributed by atoms with Gasteiger partial charge in [0.1, 0.15) is 4.99 Å². The SMILES string of the molecule is NC(=S)c1ccc(S(=O)(=O)N2CCNC(=O)C2)cc1. The van der Waals surface area contributed by atoms with E-state index in [1.807, 2.05) is 0 Å². The lowest BCUT2D eigenvalue weighted by atomic mass is 10.2. The van der Waals surface area contributed by atoms with Crippen molar-refractivity contribution in [2.75, 3.05) is 19.6 Å². The first-order valence-electron chi connectivity index (χ1n) is 5.58. The van der Waals surface area contributed by atoms with Crippen LogP contribution < -0.4 is 11.1 Å². The molecule has 6 nitrogen and oxygen atoms in total. The summed E-state index contributed by atoms with van der Waals surface area (Å²) in [6, 6.07) is 5.99. The number of carbonyl (C=O) groups is 1. The first-order chi connectivity index (χ1) is 8.91. The van der Waals surface area contributed by atoms with Crippen LogP contribution in [-0.2, 0) is 14.8 Å². The summed E-state index contributed by atoms with van der Waals surface area (Å²) < 4.78 is 25.7. The normalized spacial score (nSPS) is 16.9. The number of hydrogen-bond donors (Lipinski definition) is 2. The van der Waals surface area contributed by atoms with Crippen LogP contribution in [0.1, 0.15) is 5.56 Å². The zero-order chi connectivity index (χ0) is 14.0. The number of piperazine rings is 1. The summed E-state index contributed by atoms with van der Waals surface area (Å²) >= 11 is 4.80. The van der Waals surface area contributed by atoms with Crippen LogP contribution in [0.15, 0.2) is 29.2 Å². The third-order valence-electron chi connectivity index (χ3n) is 2.78. The average Bonchev–Trinajstić information content (AvgIpc) is 2.39. The van der Waals surface area contributed by atoms with E-state index in [1.54, 1.807) is 12.1 Å². The summed E-state index contributed by atoms with van der Waals surface area (Å²) in [4.78, 5) is 11.6. The highest BCUT2D eigenvalue weighted by molar-refractivity contribution is 7.89. The lowest BCUT2D eigenvalue weighted by molar-refractivity contribution is -0.122. The molecule has 19 heavy (non-hydrogen) atoms. The van der Waals surface area contributed by atoms with E-state index in [2.05, 4.69) is 5.32 Å². The van der Waals surface area contributed by atoms with Crippen molar-refractivity contribution in [3.05, 3.63) is 29.8 Å². The maximum atomic E-state index is 12.3. The molecule has 1 saturated heterocycles. The van der Waals surface area contributed by atoms with Crippen molar-refractivity contribution in [2.45, 2.75) is 4.90 Å². The van der Waals surface area contributed by atoms with E-state index in [0.717, 1.165) is 4.31 Å². The summed E-state index contributed by atoms with van der Waals surface area (Å²) in [5.41, 5.74) is 6.05. The molecule has 0 unspecified atom stereocenters. The quantitative estimate of drug-likeness (QED) is 0.730. The second-order valence-electron chi connectivity index (χ2n) is 4.08. The number of benzene rings is 1. The van der Waals surface area contributed by atoms with Gasteiger partial charge in [-0.2, -0.15) is 4.31 Å². The highest BCUT2D eigenvalue weighted by Gasteiger charge is 2.28. The third-order valence-corrected chi connectivity index (χ3v) is 4.88. The minimum Gasteiger partial charge on any atom is -0.389 e. The lowest BCUT2D eigenvalue weighted by Gasteiger charge is -2.25. The number of thiocarbonyl (C=S) groups is 1. The molecule has 8 heteroatoms. The Hall–Kier alpha value is -1.51. The van der Waals surface area contributed by atoms with Gasteiger partial charge in [0.05, 0.1) is 11.4 Å². The highest BCUT2D eigenvalue weighted by Crippen LogP contribution is 2.17. The van der Waals surface area contributed by atoms with E-state index < -0.39 is 10.0 Å². The summed E-state index contributed by atoms with van der Waals surface area (Å²) in [6.45, 7) is 0.438. The van der Waals surface area contributed by atoms with Gasteiger partial charge in [-0.15, -0.1) is 0 Å². The Kier molecular flexibility index (Phi) is 3.83. The van der Waals surface area contributed by atoms with Crippen LogP contribution in [0.3, 0.4) is 0 Å². The highest BCUT2D eigenvalue weighted by atomic mass is 32.2. The number of rotatable bonds is 3. The summed E-state index contributed by atoms with van der Waals surface area (Å²) in [5, 5.41) is 2.58. The van der Waals surface area contributed by atoms with Gasteiger partial charge in [-0.1, -0.05) is 24.4 Å². The molecule has 1 heterocycles. The maximum absolute atomic E-state index is 12.3. The van der Waals surface area contributed by atoms with Gasteiger partial charge in [-0.05, 0) is 12.1 Å². The van der Waals surface area contributed by atoms with E-state index in [-0.39, 0.29) is 28.9 Å². The van der Waals surface area contributed by atoms with Gasteiger partial charge in [-0.3, -0.25) is 4.79 Å². The van der Waals surface area contributed by atoms with Gasteiger partial charge >= 0.3 is 0 Å². The molecule has 0 saturated carbocycles. The van der Waals surface area contributed by atoms with Crippen molar-refractivity contribution in [1.82, 2.24) is 9.62 Å². The van der Waals surface area contributed by atoms with Crippen molar-refractivity contribution in [3.8, 4) is 0 Å². The Labute approximate surface area is 116 Å². The van der Waals surface area contributed by atoms with Crippen LogP contribution >= 0.6 is 12.2 Å². The van der Waals surface area contributed by atoms with Gasteiger partial charge in [0.15, 0.2) is 0 Å². The molecule has 1 amide bonds. The van der Waals surface area contributed by atoms with Crippen LogP contribution in [0, 0.1) is 0 Å². The van der Waals surface area contributed by atoms with Crippen LogP contribution in [0.4, 0.5) is 0 Å². The number of amides is 1. The molecule has 2 rings (SSSR count). The molecular weight excluding hydrogens is 286 g/mol. The molecule has 0 aliphatic carbocycles. The van der Waals surface area contributed by atoms with Crippen molar-refractivity contribution < 1.29 is 13.2 Å². The van der Waals surface area contributed by atoms with E-state index in [9.17, 15) is 13.2 Å². The Balaban J connectivity index is 2.28. The van der Waals surface area contributed by atoms with Gasteiger partial charge in [0.2, 0.25) is 15.9 Å². The second-order valence-corrected chi connectivity index (χ2v) is 6.45.